The maximum Gasteiger partial charge on any atom is 0.244 e. The van der Waals surface area contributed by atoms with Gasteiger partial charge in [-0.25, -0.2) is 9.13 Å². The van der Waals surface area contributed by atoms with E-state index in [2.05, 4.69) is 0 Å². The largest absolute Gasteiger partial charge is 0.486 e. The van der Waals surface area contributed by atoms with Gasteiger partial charge in [-0.05, 0) is 54.1 Å². The number of ether oxygens (including phenoxy) is 2. The second kappa shape index (κ2) is 13.0. The number of halogens is 5. The Morgan fingerprint density at radius 1 is 0.865 bits per heavy atom. The normalized spacial score (nSPS) is 11.9. The molecule has 0 aliphatic heterocycles. The van der Waals surface area contributed by atoms with Crippen LogP contribution < -0.4 is 9.30 Å². The Morgan fingerprint density at radius 2 is 1.54 bits per heavy atom. The van der Waals surface area contributed by atoms with E-state index in [1.165, 1.54) is 0 Å². The average molecular weight is 600 g/mol. The molecular weight excluding hydrogens is 578 g/mol. The van der Waals surface area contributed by atoms with Gasteiger partial charge in [0.05, 0.1) is 6.61 Å². The molecule has 0 spiro atoms. The first-order chi connectivity index (χ1) is 17.8. The lowest BCUT2D eigenvalue weighted by Gasteiger charge is -2.19. The van der Waals surface area contributed by atoms with E-state index in [9.17, 15) is 4.79 Å². The number of Topliss-reactive ketones (excluding diaryl/α,β-unsaturated/α-hetero) is 1. The van der Waals surface area contributed by atoms with Crippen LogP contribution in [-0.4, -0.2) is 17.0 Å². The fraction of sp³-hybridized carbons (Fsp3) is 0.185. The molecule has 1 aromatic heterocycles. The van der Waals surface area contributed by atoms with Crippen LogP contribution >= 0.6 is 58.0 Å². The summed E-state index contributed by atoms with van der Waals surface area (Å²) in [4.78, 5) is 12.4. The molecule has 4 rings (SSSR count). The molecule has 1 atom stereocenters. The Bertz CT molecular complexity index is 1370. The molecule has 0 aliphatic carbocycles. The summed E-state index contributed by atoms with van der Waals surface area (Å²) >= 11 is 30.8. The van der Waals surface area contributed by atoms with Crippen molar-refractivity contribution < 1.29 is 18.8 Å². The summed E-state index contributed by atoms with van der Waals surface area (Å²) < 4.78 is 15.5. The van der Waals surface area contributed by atoms with E-state index in [-0.39, 0.29) is 25.5 Å². The van der Waals surface area contributed by atoms with Crippen molar-refractivity contribution in [3.63, 3.8) is 0 Å². The van der Waals surface area contributed by atoms with Gasteiger partial charge in [0, 0.05) is 30.7 Å². The smallest absolute Gasteiger partial charge is 0.244 e. The van der Waals surface area contributed by atoms with Crippen molar-refractivity contribution in [1.82, 2.24) is 4.57 Å². The maximum atomic E-state index is 12.4. The predicted octanol–water partition coefficient (Wildman–Crippen LogP) is 7.65. The summed E-state index contributed by atoms with van der Waals surface area (Å²) in [5.41, 5.74) is 1.58. The summed E-state index contributed by atoms with van der Waals surface area (Å²) in [5, 5.41) is 2.71. The van der Waals surface area contributed by atoms with Crippen molar-refractivity contribution in [1.29, 1.82) is 0 Å². The number of aromatic nitrogens is 2. The molecule has 0 radical (unpaired) electrons. The third-order valence-corrected chi connectivity index (χ3v) is 6.86. The minimum absolute atomic E-state index is 0.0478. The van der Waals surface area contributed by atoms with Crippen molar-refractivity contribution in [2.24, 2.45) is 0 Å². The molecule has 5 nitrogen and oxygen atoms in total. The van der Waals surface area contributed by atoms with E-state index in [1.54, 1.807) is 53.1 Å². The third kappa shape index (κ3) is 8.11. The number of imidazole rings is 1. The van der Waals surface area contributed by atoms with E-state index in [1.807, 2.05) is 35.4 Å². The number of benzene rings is 3. The van der Waals surface area contributed by atoms with Gasteiger partial charge >= 0.3 is 0 Å². The number of ketones is 1. The first-order valence-electron chi connectivity index (χ1n) is 11.2. The van der Waals surface area contributed by atoms with Crippen molar-refractivity contribution >= 4 is 63.8 Å². The number of rotatable bonds is 11. The lowest BCUT2D eigenvalue weighted by atomic mass is 10.1. The number of hydrogen-bond acceptors (Lipinski definition) is 3. The summed E-state index contributed by atoms with van der Waals surface area (Å²) in [6.07, 6.45) is 5.09. The summed E-state index contributed by atoms with van der Waals surface area (Å²) in [5.74, 6) is 0.504. The van der Waals surface area contributed by atoms with E-state index >= 15 is 0 Å². The SMILES string of the molecule is O=C(COc1ccc(Cl)cc1)C[n+]1ccn(CC(OCc2ccc(Cl)cc2Cl)c2ccc(Cl)cc2Cl)c1. The van der Waals surface area contributed by atoms with Crippen LogP contribution in [0, 0.1) is 0 Å². The Kier molecular flexibility index (Phi) is 9.77. The zero-order valence-electron chi connectivity index (χ0n) is 19.4. The average Bonchev–Trinajstić information content (AvgIpc) is 3.29. The quantitative estimate of drug-likeness (QED) is 0.166. The number of hydrogen-bond donors (Lipinski definition) is 0. The van der Waals surface area contributed by atoms with Crippen LogP contribution in [0.25, 0.3) is 0 Å². The molecule has 0 saturated carbocycles. The van der Waals surface area contributed by atoms with E-state index in [0.717, 1.165) is 11.1 Å². The zero-order valence-corrected chi connectivity index (χ0v) is 23.2. The van der Waals surface area contributed by atoms with Gasteiger partial charge in [-0.1, -0.05) is 70.1 Å². The van der Waals surface area contributed by atoms with Crippen molar-refractivity contribution in [3.8, 4) is 5.75 Å². The van der Waals surface area contributed by atoms with Crippen LogP contribution in [0.4, 0.5) is 0 Å². The Hall–Kier alpha value is -2.25. The zero-order chi connectivity index (χ0) is 26.4. The predicted molar refractivity (Wildman–Crippen MR) is 147 cm³/mol. The standard InChI is InChI=1S/C27H22Cl5N2O3/c28-19-3-6-23(7-4-19)36-16-22(35)13-33-9-10-34(17-33)14-27(24-8-5-21(30)12-26(24)32)37-15-18-1-2-20(29)11-25(18)31/h1-12,17,27H,13-16H2/q+1. The van der Waals surface area contributed by atoms with Gasteiger partial charge in [0.15, 0.2) is 13.2 Å². The highest BCUT2D eigenvalue weighted by molar-refractivity contribution is 6.35. The molecule has 10 heteroatoms. The van der Waals surface area contributed by atoms with Crippen LogP contribution in [0.2, 0.25) is 25.1 Å². The molecule has 3 aromatic carbocycles. The van der Waals surface area contributed by atoms with Crippen LogP contribution in [0.3, 0.4) is 0 Å². The number of nitrogens with zero attached hydrogens (tertiary/aromatic N) is 2. The molecule has 37 heavy (non-hydrogen) atoms. The minimum Gasteiger partial charge on any atom is -0.486 e. The maximum absolute atomic E-state index is 12.4. The van der Waals surface area contributed by atoms with Gasteiger partial charge in [-0.3, -0.25) is 4.79 Å². The van der Waals surface area contributed by atoms with Crippen LogP contribution in [0.5, 0.6) is 5.75 Å². The monoisotopic (exact) mass is 597 g/mol. The molecule has 0 amide bonds. The molecule has 0 aliphatic rings. The Balaban J connectivity index is 1.42. The fourth-order valence-corrected chi connectivity index (χ4v) is 4.73. The molecule has 4 aromatic rings. The Labute approximate surface area is 240 Å². The molecule has 0 saturated heterocycles. The van der Waals surface area contributed by atoms with Crippen LogP contribution in [-0.2, 0) is 29.2 Å². The van der Waals surface area contributed by atoms with Crippen LogP contribution in [0.1, 0.15) is 17.2 Å². The van der Waals surface area contributed by atoms with Gasteiger partial charge in [-0.2, -0.15) is 0 Å². The first kappa shape index (κ1) is 27.8. The molecule has 0 N–H and O–H groups in total. The Morgan fingerprint density at radius 3 is 2.24 bits per heavy atom. The third-order valence-electron chi connectivity index (χ3n) is 5.46. The molecule has 0 bridgehead atoms. The summed E-state index contributed by atoms with van der Waals surface area (Å²) in [6, 6.07) is 17.4. The molecule has 0 fully saturated rings. The molecular formula is C27H22Cl5N2O3+. The van der Waals surface area contributed by atoms with Gasteiger partial charge in [-0.15, -0.1) is 0 Å². The summed E-state index contributed by atoms with van der Waals surface area (Å²) in [6.45, 7) is 0.804. The lowest BCUT2D eigenvalue weighted by Crippen LogP contribution is -2.37. The number of carbonyl (C=O) groups excluding carboxylic acids is 1. The highest BCUT2D eigenvalue weighted by Gasteiger charge is 2.21. The molecule has 1 heterocycles. The van der Waals surface area contributed by atoms with E-state index in [0.29, 0.717) is 37.4 Å². The minimum atomic E-state index is -0.415. The molecule has 1 unspecified atom stereocenters. The molecule has 192 valence electrons. The first-order valence-corrected chi connectivity index (χ1v) is 13.1. The fourth-order valence-electron chi connectivity index (χ4n) is 3.61. The van der Waals surface area contributed by atoms with Crippen LogP contribution in [0.15, 0.2) is 79.4 Å². The van der Waals surface area contributed by atoms with Crippen molar-refractivity contribution in [3.05, 3.63) is 116 Å². The van der Waals surface area contributed by atoms with Gasteiger partial charge in [0.25, 0.3) is 0 Å². The van der Waals surface area contributed by atoms with Gasteiger partial charge in [0.2, 0.25) is 12.1 Å². The lowest BCUT2D eigenvalue weighted by molar-refractivity contribution is -0.683. The van der Waals surface area contributed by atoms with E-state index in [4.69, 9.17) is 67.5 Å². The van der Waals surface area contributed by atoms with Gasteiger partial charge < -0.3 is 9.47 Å². The number of carbonyl (C=O) groups is 1. The highest BCUT2D eigenvalue weighted by atomic mass is 35.5. The highest BCUT2D eigenvalue weighted by Crippen LogP contribution is 2.31. The van der Waals surface area contributed by atoms with E-state index < -0.39 is 6.10 Å². The van der Waals surface area contributed by atoms with Crippen molar-refractivity contribution in [2.75, 3.05) is 6.61 Å². The second-order valence-corrected chi connectivity index (χ2v) is 10.4. The van der Waals surface area contributed by atoms with Gasteiger partial charge in [0.1, 0.15) is 30.8 Å². The second-order valence-electron chi connectivity index (χ2n) is 8.27. The topological polar surface area (TPSA) is 44.3 Å². The van der Waals surface area contributed by atoms with Crippen molar-refractivity contribution in [2.45, 2.75) is 25.8 Å². The summed E-state index contributed by atoms with van der Waals surface area (Å²) in [7, 11) is 0.